The van der Waals surface area contributed by atoms with Gasteiger partial charge in [-0.1, -0.05) is 0 Å². The van der Waals surface area contributed by atoms with Gasteiger partial charge in [-0.3, -0.25) is 14.5 Å². The molecule has 0 radical (unpaired) electrons. The van der Waals surface area contributed by atoms with E-state index in [0.717, 1.165) is 0 Å². The summed E-state index contributed by atoms with van der Waals surface area (Å²) < 4.78 is 44.3. The van der Waals surface area contributed by atoms with Crippen molar-refractivity contribution in [1.82, 2.24) is 10.6 Å². The van der Waals surface area contributed by atoms with Crippen molar-refractivity contribution < 1.29 is 43.9 Å². The first-order valence-electron chi connectivity index (χ1n) is 15.2. The number of nitrogens with zero attached hydrogens (tertiary/aromatic N) is 3. The van der Waals surface area contributed by atoms with Gasteiger partial charge >= 0.3 is 6.09 Å². The number of halogens is 2. The summed E-state index contributed by atoms with van der Waals surface area (Å²) in [4.78, 5) is 38.9. The highest BCUT2D eigenvalue weighted by Crippen LogP contribution is 2.28. The summed E-state index contributed by atoms with van der Waals surface area (Å²) >= 11 is 0. The molecular weight excluding hydrogens is 606 g/mol. The Labute approximate surface area is 268 Å². The quantitative estimate of drug-likeness (QED) is 0.301. The summed E-state index contributed by atoms with van der Waals surface area (Å²) in [6.07, 6.45) is -1.71. The highest BCUT2D eigenvalue weighted by Gasteiger charge is 2.33. The maximum Gasteiger partial charge on any atom is 0.414 e. The summed E-state index contributed by atoms with van der Waals surface area (Å²) in [7, 11) is 0. The van der Waals surface area contributed by atoms with E-state index in [9.17, 15) is 28.3 Å². The molecule has 2 aromatic rings. The van der Waals surface area contributed by atoms with Crippen LogP contribution in [0.4, 0.5) is 36.3 Å². The Morgan fingerprint density at radius 2 is 1.46 bits per heavy atom. The van der Waals surface area contributed by atoms with E-state index < -0.39 is 18.3 Å². The minimum atomic E-state index is -0.731. The van der Waals surface area contributed by atoms with Crippen molar-refractivity contribution in [3.63, 3.8) is 0 Å². The number of hydrogen-bond acceptors (Lipinski definition) is 10. The zero-order valence-electron chi connectivity index (χ0n) is 26.1. The van der Waals surface area contributed by atoms with E-state index in [1.165, 1.54) is 30.9 Å². The molecule has 2 atom stereocenters. The third-order valence-electron chi connectivity index (χ3n) is 7.48. The van der Waals surface area contributed by atoms with Gasteiger partial charge in [0.15, 0.2) is 0 Å². The fourth-order valence-electron chi connectivity index (χ4n) is 5.07. The predicted molar refractivity (Wildman–Crippen MR) is 170 cm³/mol. The van der Waals surface area contributed by atoms with Crippen LogP contribution in [0.3, 0.4) is 0 Å². The van der Waals surface area contributed by atoms with Crippen LogP contribution in [0.2, 0.25) is 0 Å². The van der Waals surface area contributed by atoms with E-state index in [4.69, 9.17) is 14.2 Å². The van der Waals surface area contributed by atoms with E-state index in [0.29, 0.717) is 75.4 Å². The van der Waals surface area contributed by atoms with E-state index in [2.05, 4.69) is 16.0 Å². The molecular formula is C31H44F2N6O7. The number of aliphatic hydroxyl groups is 1. The number of benzene rings is 2. The first kappa shape index (κ1) is 34.7. The normalized spacial score (nSPS) is 18.7. The Bertz CT molecular complexity index is 1350. The summed E-state index contributed by atoms with van der Waals surface area (Å²) in [6, 6.07) is 9.63. The smallest absolute Gasteiger partial charge is 0.414 e. The summed E-state index contributed by atoms with van der Waals surface area (Å²) in [5, 5.41) is 17.8. The number of morpholine rings is 2. The van der Waals surface area contributed by atoms with Crippen LogP contribution in [0.25, 0.3) is 0 Å². The van der Waals surface area contributed by atoms with Crippen molar-refractivity contribution in [2.75, 3.05) is 98.8 Å². The largest absolute Gasteiger partial charge is 0.442 e. The number of amides is 3. The van der Waals surface area contributed by atoms with Gasteiger partial charge in [-0.15, -0.1) is 0 Å². The fourth-order valence-corrected chi connectivity index (χ4v) is 5.07. The standard InChI is InChI=1S/C16H20FN3O4.C15H22FN3O3.H2/c1-11(21)18-9-13-10-20(16(22)24-13)12-2-3-15(14(17)8-12)19-4-6-23-7-5-19;1-11(20)17-9-13(21)10-18-12-2-3-15(14(16)8-12)19-4-6-22-7-5-19;/h2-3,8,13H,4-7,9-10H2,1H3,(H,18,21);2-3,8,13,18,21H,4-7,9-10H2,1H3,(H,17,20);1H/t2*13-;/m00./s1/i;;1+1. The molecule has 0 saturated carbocycles. The molecule has 3 saturated heterocycles. The summed E-state index contributed by atoms with van der Waals surface area (Å²) in [5.41, 5.74) is 2.10. The molecule has 2 aromatic carbocycles. The molecule has 3 heterocycles. The molecule has 46 heavy (non-hydrogen) atoms. The van der Waals surface area contributed by atoms with Crippen LogP contribution in [0.5, 0.6) is 0 Å². The second-order valence-corrected chi connectivity index (χ2v) is 11.0. The Morgan fingerprint density at radius 3 is 2.00 bits per heavy atom. The van der Waals surface area contributed by atoms with Gasteiger partial charge in [-0.2, -0.15) is 0 Å². The molecule has 0 aliphatic carbocycles. The van der Waals surface area contributed by atoms with Gasteiger partial charge in [0, 0.05) is 60.2 Å². The Hall–Kier alpha value is -4.21. The average molecular weight is 652 g/mol. The van der Waals surface area contributed by atoms with Crippen molar-refractivity contribution in [1.29, 1.82) is 0 Å². The monoisotopic (exact) mass is 651 g/mol. The third kappa shape index (κ3) is 10.2. The number of hydrogen-bond donors (Lipinski definition) is 4. The second kappa shape index (κ2) is 16.9. The molecule has 254 valence electrons. The van der Waals surface area contributed by atoms with Gasteiger partial charge in [0.2, 0.25) is 11.8 Å². The molecule has 4 N–H and O–H groups in total. The number of ether oxygens (including phenoxy) is 3. The molecule has 0 aromatic heterocycles. The van der Waals surface area contributed by atoms with Gasteiger partial charge in [-0.25, -0.2) is 13.6 Å². The first-order chi connectivity index (χ1) is 22.1. The average Bonchev–Trinajstić information content (AvgIpc) is 3.43. The number of cyclic esters (lactones) is 1. The van der Waals surface area contributed by atoms with Gasteiger partial charge in [0.1, 0.15) is 17.7 Å². The number of carbonyl (C=O) groups excluding carboxylic acids is 3. The first-order valence-corrected chi connectivity index (χ1v) is 15.2. The Morgan fingerprint density at radius 1 is 0.891 bits per heavy atom. The molecule has 3 amide bonds. The summed E-state index contributed by atoms with van der Waals surface area (Å²) in [5.74, 6) is -1.07. The van der Waals surface area contributed by atoms with Crippen molar-refractivity contribution >= 4 is 40.7 Å². The maximum atomic E-state index is 14.4. The maximum absolute atomic E-state index is 14.4. The van der Waals surface area contributed by atoms with Crippen molar-refractivity contribution in [2.24, 2.45) is 0 Å². The molecule has 13 nitrogen and oxygen atoms in total. The van der Waals surface area contributed by atoms with Crippen LogP contribution in [-0.2, 0) is 23.8 Å². The number of aliphatic hydroxyl groups excluding tert-OH is 1. The van der Waals surface area contributed by atoms with Crippen LogP contribution >= 0.6 is 0 Å². The van der Waals surface area contributed by atoms with E-state index in [1.54, 1.807) is 24.3 Å². The second-order valence-electron chi connectivity index (χ2n) is 11.0. The van der Waals surface area contributed by atoms with Gasteiger partial charge in [-0.05, 0) is 36.4 Å². The van der Waals surface area contributed by atoms with E-state index >= 15 is 0 Å². The molecule has 0 spiro atoms. The highest BCUT2D eigenvalue weighted by molar-refractivity contribution is 5.90. The zero-order valence-corrected chi connectivity index (χ0v) is 26.1. The topological polar surface area (TPSA) is 145 Å². The molecule has 15 heteroatoms. The highest BCUT2D eigenvalue weighted by atomic mass is 19.1. The Balaban J connectivity index is 0.000000251. The molecule has 0 bridgehead atoms. The number of rotatable bonds is 10. The molecule has 3 aliphatic rings. The molecule has 3 aliphatic heterocycles. The van der Waals surface area contributed by atoms with Crippen molar-refractivity contribution in [3.05, 3.63) is 48.0 Å². The van der Waals surface area contributed by atoms with Gasteiger partial charge < -0.3 is 45.1 Å². The van der Waals surface area contributed by atoms with Crippen LogP contribution in [-0.4, -0.2) is 114 Å². The van der Waals surface area contributed by atoms with Gasteiger partial charge in [0.25, 0.3) is 0 Å². The Kier molecular flexibility index (Phi) is 12.7. The molecule has 0 unspecified atom stereocenters. The van der Waals surface area contributed by atoms with Crippen molar-refractivity contribution in [3.8, 4) is 0 Å². The van der Waals surface area contributed by atoms with E-state index in [1.807, 2.05) is 9.80 Å². The summed E-state index contributed by atoms with van der Waals surface area (Å²) in [6.45, 7) is 8.70. The lowest BCUT2D eigenvalue weighted by Crippen LogP contribution is -2.36. The molecule has 5 rings (SSSR count). The van der Waals surface area contributed by atoms with Crippen LogP contribution in [0, 0.1) is 11.6 Å². The van der Waals surface area contributed by atoms with Crippen LogP contribution < -0.4 is 30.7 Å². The number of carbonyl (C=O) groups is 3. The van der Waals surface area contributed by atoms with E-state index in [-0.39, 0.29) is 51.1 Å². The fraction of sp³-hybridized carbons (Fsp3) is 0.516. The number of anilines is 4. The minimum absolute atomic E-state index is 0. The molecule has 3 fully saturated rings. The van der Waals surface area contributed by atoms with Crippen molar-refractivity contribution in [2.45, 2.75) is 26.1 Å². The lowest BCUT2D eigenvalue weighted by atomic mass is 10.2. The third-order valence-corrected chi connectivity index (χ3v) is 7.48. The van der Waals surface area contributed by atoms with Crippen LogP contribution in [0.15, 0.2) is 36.4 Å². The lowest BCUT2D eigenvalue weighted by molar-refractivity contribution is -0.120. The van der Waals surface area contributed by atoms with Gasteiger partial charge in [0.05, 0.1) is 62.7 Å². The number of nitrogens with one attached hydrogen (secondary N) is 3. The van der Waals surface area contributed by atoms with Crippen LogP contribution in [0.1, 0.15) is 15.3 Å². The predicted octanol–water partition coefficient (Wildman–Crippen LogP) is 1.94. The minimum Gasteiger partial charge on any atom is -0.442 e. The lowest BCUT2D eigenvalue weighted by Gasteiger charge is -2.29. The zero-order chi connectivity index (χ0) is 33.1. The SMILES string of the molecule is CC(=O)NC[C@H](O)CNc1ccc(N2CCOCC2)c(F)c1.CC(=O)NC[C@H]1CN(c2ccc(N3CCOCC3)c(F)c2)C(=O)O1.[2HH].